The fraction of sp³-hybridized carbons (Fsp3) is 0.462. The number of hydrogen-bond donors (Lipinski definition) is 2. The molecule has 18 heavy (non-hydrogen) atoms. The van der Waals surface area contributed by atoms with E-state index in [9.17, 15) is 4.79 Å². The number of nitrogens with two attached hydrogens (primary N) is 1. The summed E-state index contributed by atoms with van der Waals surface area (Å²) in [4.78, 5) is 11.7. The van der Waals surface area contributed by atoms with Gasteiger partial charge < -0.3 is 15.8 Å². The number of halogens is 1. The first-order valence-corrected chi connectivity index (χ1v) is 6.91. The maximum Gasteiger partial charge on any atom is 0.328 e. The Morgan fingerprint density at radius 1 is 1.50 bits per heavy atom. The van der Waals surface area contributed by atoms with Gasteiger partial charge in [-0.3, -0.25) is 0 Å². The van der Waals surface area contributed by atoms with Crippen molar-refractivity contribution in [1.82, 2.24) is 0 Å². The normalized spacial score (nSPS) is 12.3. The Balaban J connectivity index is 2.85. The van der Waals surface area contributed by atoms with Gasteiger partial charge in [0.25, 0.3) is 0 Å². The van der Waals surface area contributed by atoms with Gasteiger partial charge in [-0.05, 0) is 53.1 Å². The Bertz CT molecular complexity index is 421. The monoisotopic (exact) mass is 362 g/mol. The summed E-state index contributed by atoms with van der Waals surface area (Å²) in [5, 5.41) is 3.15. The number of ether oxygens (including phenoxy) is 1. The summed E-state index contributed by atoms with van der Waals surface area (Å²) in [5.41, 5.74) is 7.33. The predicted molar refractivity (Wildman–Crippen MR) is 82.5 cm³/mol. The van der Waals surface area contributed by atoms with Crippen LogP contribution in [0.3, 0.4) is 0 Å². The van der Waals surface area contributed by atoms with E-state index in [-0.39, 0.29) is 12.0 Å². The van der Waals surface area contributed by atoms with Gasteiger partial charge in [-0.1, -0.05) is 13.8 Å². The van der Waals surface area contributed by atoms with E-state index >= 15 is 0 Å². The van der Waals surface area contributed by atoms with E-state index in [0.29, 0.717) is 18.0 Å². The van der Waals surface area contributed by atoms with Crippen molar-refractivity contribution in [3.63, 3.8) is 0 Å². The van der Waals surface area contributed by atoms with Crippen molar-refractivity contribution in [3.05, 3.63) is 21.8 Å². The molecule has 0 aromatic heterocycles. The summed E-state index contributed by atoms with van der Waals surface area (Å²) >= 11 is 2.20. The highest BCUT2D eigenvalue weighted by molar-refractivity contribution is 14.1. The number of anilines is 2. The minimum absolute atomic E-state index is 0.262. The van der Waals surface area contributed by atoms with Gasteiger partial charge in [0, 0.05) is 3.57 Å². The molecule has 0 aliphatic heterocycles. The SMILES string of the molecule is COC(=O)C(CC(C)C)Nc1ccc(I)cc1N. The van der Waals surface area contributed by atoms with Crippen LogP contribution in [0.5, 0.6) is 0 Å². The van der Waals surface area contributed by atoms with Crippen LogP contribution in [0, 0.1) is 9.49 Å². The standard InChI is InChI=1S/C13H19IN2O2/c1-8(2)6-12(13(17)18-3)16-11-5-4-9(14)7-10(11)15/h4-5,7-8,12,16H,6,15H2,1-3H3. The van der Waals surface area contributed by atoms with Gasteiger partial charge in [0.2, 0.25) is 0 Å². The number of nitrogen functional groups attached to an aromatic ring is 1. The van der Waals surface area contributed by atoms with Gasteiger partial charge in [0.05, 0.1) is 18.5 Å². The Labute approximate surface area is 121 Å². The number of rotatable bonds is 5. The number of carbonyl (C=O) groups is 1. The lowest BCUT2D eigenvalue weighted by atomic mass is 10.0. The smallest absolute Gasteiger partial charge is 0.328 e. The van der Waals surface area contributed by atoms with Crippen LogP contribution in [0.2, 0.25) is 0 Å². The molecular weight excluding hydrogens is 343 g/mol. The molecule has 0 heterocycles. The molecule has 0 saturated heterocycles. The molecule has 1 aromatic carbocycles. The van der Waals surface area contributed by atoms with Crippen LogP contribution >= 0.6 is 22.6 Å². The highest BCUT2D eigenvalue weighted by Gasteiger charge is 2.20. The van der Waals surface area contributed by atoms with Crippen LogP contribution in [0.15, 0.2) is 18.2 Å². The number of benzene rings is 1. The molecule has 0 radical (unpaired) electrons. The average Bonchev–Trinajstić information content (AvgIpc) is 2.30. The summed E-state index contributed by atoms with van der Waals surface area (Å²) < 4.78 is 5.87. The van der Waals surface area contributed by atoms with Crippen molar-refractivity contribution < 1.29 is 9.53 Å². The second-order valence-electron chi connectivity index (χ2n) is 4.58. The quantitative estimate of drug-likeness (QED) is 0.480. The van der Waals surface area contributed by atoms with E-state index in [0.717, 1.165) is 9.26 Å². The lowest BCUT2D eigenvalue weighted by Gasteiger charge is -2.20. The molecule has 5 heteroatoms. The minimum Gasteiger partial charge on any atom is -0.467 e. The summed E-state index contributed by atoms with van der Waals surface area (Å²) in [6, 6.07) is 5.33. The lowest BCUT2D eigenvalue weighted by molar-refractivity contribution is -0.141. The van der Waals surface area contributed by atoms with Crippen LogP contribution in [0.25, 0.3) is 0 Å². The van der Waals surface area contributed by atoms with E-state index in [1.165, 1.54) is 7.11 Å². The van der Waals surface area contributed by atoms with Crippen molar-refractivity contribution in [2.45, 2.75) is 26.3 Å². The van der Waals surface area contributed by atoms with Crippen LogP contribution in [-0.4, -0.2) is 19.1 Å². The molecule has 3 N–H and O–H groups in total. The van der Waals surface area contributed by atoms with E-state index in [1.54, 1.807) is 0 Å². The van der Waals surface area contributed by atoms with Gasteiger partial charge in [-0.2, -0.15) is 0 Å². The van der Waals surface area contributed by atoms with Gasteiger partial charge >= 0.3 is 5.97 Å². The highest BCUT2D eigenvalue weighted by Crippen LogP contribution is 2.23. The molecule has 0 saturated carbocycles. The third-order valence-electron chi connectivity index (χ3n) is 2.54. The Kier molecular flexibility index (Phi) is 5.71. The number of methoxy groups -OCH3 is 1. The first-order valence-electron chi connectivity index (χ1n) is 5.83. The number of carbonyl (C=O) groups excluding carboxylic acids is 1. The van der Waals surface area contributed by atoms with Crippen LogP contribution in [-0.2, 0) is 9.53 Å². The summed E-state index contributed by atoms with van der Waals surface area (Å²) in [5.74, 6) is 0.133. The Morgan fingerprint density at radius 2 is 2.17 bits per heavy atom. The summed E-state index contributed by atoms with van der Waals surface area (Å²) in [7, 11) is 1.40. The zero-order valence-corrected chi connectivity index (χ0v) is 13.0. The molecule has 0 amide bonds. The average molecular weight is 362 g/mol. The molecule has 1 aromatic rings. The molecule has 0 aliphatic rings. The van der Waals surface area contributed by atoms with E-state index in [4.69, 9.17) is 10.5 Å². The fourth-order valence-electron chi connectivity index (χ4n) is 1.68. The van der Waals surface area contributed by atoms with Gasteiger partial charge in [-0.25, -0.2) is 4.79 Å². The first-order chi connectivity index (χ1) is 8.43. The molecule has 0 aliphatic carbocycles. The fourth-order valence-corrected chi connectivity index (χ4v) is 2.20. The first kappa shape index (κ1) is 15.1. The third-order valence-corrected chi connectivity index (χ3v) is 3.21. The zero-order valence-electron chi connectivity index (χ0n) is 10.9. The van der Waals surface area contributed by atoms with Crippen LogP contribution in [0.4, 0.5) is 11.4 Å². The van der Waals surface area contributed by atoms with Crippen molar-refractivity contribution in [2.24, 2.45) is 5.92 Å². The maximum absolute atomic E-state index is 11.7. The molecular formula is C13H19IN2O2. The molecule has 0 spiro atoms. The van der Waals surface area contributed by atoms with E-state index in [1.807, 2.05) is 18.2 Å². The number of nitrogens with one attached hydrogen (secondary N) is 1. The van der Waals surface area contributed by atoms with Crippen LogP contribution in [0.1, 0.15) is 20.3 Å². The minimum atomic E-state index is -0.364. The highest BCUT2D eigenvalue weighted by atomic mass is 127. The molecule has 1 rings (SSSR count). The van der Waals surface area contributed by atoms with Gasteiger partial charge in [0.1, 0.15) is 6.04 Å². The Hall–Kier alpha value is -0.980. The molecule has 100 valence electrons. The van der Waals surface area contributed by atoms with Crippen LogP contribution < -0.4 is 11.1 Å². The van der Waals surface area contributed by atoms with E-state index in [2.05, 4.69) is 41.8 Å². The Morgan fingerprint density at radius 3 is 2.67 bits per heavy atom. The van der Waals surface area contributed by atoms with Gasteiger partial charge in [0.15, 0.2) is 0 Å². The lowest BCUT2D eigenvalue weighted by Crippen LogP contribution is -2.32. The number of esters is 1. The summed E-state index contributed by atoms with van der Waals surface area (Å²) in [6.45, 7) is 4.13. The van der Waals surface area contributed by atoms with Gasteiger partial charge in [-0.15, -0.1) is 0 Å². The second kappa shape index (κ2) is 6.82. The van der Waals surface area contributed by atoms with Crippen molar-refractivity contribution in [2.75, 3.05) is 18.2 Å². The molecule has 4 nitrogen and oxygen atoms in total. The van der Waals surface area contributed by atoms with E-state index < -0.39 is 0 Å². The maximum atomic E-state index is 11.7. The zero-order chi connectivity index (χ0) is 13.7. The van der Waals surface area contributed by atoms with Crippen molar-refractivity contribution >= 4 is 39.9 Å². The number of hydrogen-bond acceptors (Lipinski definition) is 4. The van der Waals surface area contributed by atoms with Crippen molar-refractivity contribution in [3.8, 4) is 0 Å². The topological polar surface area (TPSA) is 64.3 Å². The molecule has 0 bridgehead atoms. The second-order valence-corrected chi connectivity index (χ2v) is 5.83. The largest absolute Gasteiger partial charge is 0.467 e. The van der Waals surface area contributed by atoms with Crippen molar-refractivity contribution in [1.29, 1.82) is 0 Å². The predicted octanol–water partition coefficient (Wildman–Crippen LogP) is 2.87. The molecule has 1 unspecified atom stereocenters. The third kappa shape index (κ3) is 4.36. The molecule has 1 atom stereocenters. The summed E-state index contributed by atoms with van der Waals surface area (Å²) in [6.07, 6.45) is 0.706. The molecule has 0 fully saturated rings.